The molecule has 0 bridgehead atoms. The van der Waals surface area contributed by atoms with E-state index >= 15 is 0 Å². The van der Waals surface area contributed by atoms with E-state index in [1.165, 1.54) is 12.1 Å². The van der Waals surface area contributed by atoms with Crippen molar-refractivity contribution in [2.45, 2.75) is 38.5 Å². The molecule has 1 saturated heterocycles. The first-order valence-electron chi connectivity index (χ1n) is 8.57. The zero-order chi connectivity index (χ0) is 19.0. The number of halogens is 3. The van der Waals surface area contributed by atoms with Gasteiger partial charge in [-0.05, 0) is 38.4 Å². The molecule has 1 atom stereocenters. The molecule has 0 N–H and O–H groups in total. The summed E-state index contributed by atoms with van der Waals surface area (Å²) in [5, 5.41) is 7.92. The number of nitrogens with zero attached hydrogens (tertiary/aromatic N) is 4. The van der Waals surface area contributed by atoms with Crippen molar-refractivity contribution in [2.24, 2.45) is 0 Å². The fraction of sp³-hybridized carbons (Fsp3) is 0.389. The summed E-state index contributed by atoms with van der Waals surface area (Å²) in [7, 11) is 0. The monoisotopic (exact) mass is 378 g/mol. The van der Waals surface area contributed by atoms with Crippen LogP contribution in [0.1, 0.15) is 41.8 Å². The van der Waals surface area contributed by atoms with Crippen LogP contribution in [0.3, 0.4) is 0 Å². The van der Waals surface area contributed by atoms with E-state index in [0.29, 0.717) is 12.4 Å². The van der Waals surface area contributed by atoms with Crippen molar-refractivity contribution in [1.29, 1.82) is 0 Å². The zero-order valence-corrected chi connectivity index (χ0v) is 14.5. The first-order valence-corrected chi connectivity index (χ1v) is 8.57. The van der Waals surface area contributed by atoms with Crippen LogP contribution in [0, 0.1) is 6.92 Å². The molecule has 1 aliphatic heterocycles. The molecule has 1 unspecified atom stereocenters. The van der Waals surface area contributed by atoms with Crippen molar-refractivity contribution in [3.63, 3.8) is 0 Å². The second kappa shape index (κ2) is 6.80. The second-order valence-electron chi connectivity index (χ2n) is 6.58. The first-order chi connectivity index (χ1) is 12.9. The third-order valence-electron chi connectivity index (χ3n) is 4.61. The Hall–Kier alpha value is -2.68. The van der Waals surface area contributed by atoms with Crippen LogP contribution in [0.2, 0.25) is 0 Å². The summed E-state index contributed by atoms with van der Waals surface area (Å²) >= 11 is 0. The highest BCUT2D eigenvalue weighted by molar-refractivity contribution is 5.55. The van der Waals surface area contributed by atoms with Crippen LogP contribution in [0.25, 0.3) is 11.4 Å². The number of alkyl halides is 3. The van der Waals surface area contributed by atoms with E-state index in [9.17, 15) is 13.2 Å². The topological polar surface area (TPSA) is 68.2 Å². The number of benzene rings is 1. The summed E-state index contributed by atoms with van der Waals surface area (Å²) in [6.45, 7) is 3.09. The van der Waals surface area contributed by atoms with Crippen LogP contribution in [-0.2, 0) is 12.7 Å². The van der Waals surface area contributed by atoms with Crippen molar-refractivity contribution in [3.05, 3.63) is 53.2 Å². The Bertz CT molecular complexity index is 935. The van der Waals surface area contributed by atoms with Gasteiger partial charge in [-0.1, -0.05) is 22.4 Å². The molecule has 0 radical (unpaired) electrons. The van der Waals surface area contributed by atoms with Gasteiger partial charge in [0.15, 0.2) is 0 Å². The molecular weight excluding hydrogens is 361 g/mol. The van der Waals surface area contributed by atoms with Crippen LogP contribution < -0.4 is 0 Å². The lowest BCUT2D eigenvalue weighted by molar-refractivity contribution is -0.137. The summed E-state index contributed by atoms with van der Waals surface area (Å²) in [5.74, 6) is 1.25. The van der Waals surface area contributed by atoms with Gasteiger partial charge in [-0.25, -0.2) is 0 Å². The average molecular weight is 378 g/mol. The van der Waals surface area contributed by atoms with E-state index in [-0.39, 0.29) is 17.4 Å². The molecule has 4 rings (SSSR count). The Morgan fingerprint density at radius 1 is 1.19 bits per heavy atom. The molecular formula is C18H17F3N4O2. The number of aryl methyl sites for hydroxylation is 1. The lowest BCUT2D eigenvalue weighted by atomic mass is 10.1. The van der Waals surface area contributed by atoms with Crippen LogP contribution in [0.15, 0.2) is 39.4 Å². The van der Waals surface area contributed by atoms with E-state index in [1.54, 1.807) is 0 Å². The van der Waals surface area contributed by atoms with Gasteiger partial charge in [0.25, 0.3) is 0 Å². The number of likely N-dealkylation sites (tertiary alicyclic amines) is 1. The number of rotatable bonds is 4. The molecule has 3 heterocycles. The minimum atomic E-state index is -4.42. The number of hydrogen-bond donors (Lipinski definition) is 0. The summed E-state index contributed by atoms with van der Waals surface area (Å²) in [4.78, 5) is 6.42. The van der Waals surface area contributed by atoms with Crippen LogP contribution >= 0.6 is 0 Å². The molecule has 6 nitrogen and oxygen atoms in total. The number of aromatic nitrogens is 3. The Kier molecular flexibility index (Phi) is 4.47. The molecule has 1 aliphatic rings. The molecule has 27 heavy (non-hydrogen) atoms. The van der Waals surface area contributed by atoms with Crippen molar-refractivity contribution >= 4 is 0 Å². The minimum Gasteiger partial charge on any atom is -0.361 e. The van der Waals surface area contributed by atoms with Gasteiger partial charge in [-0.15, -0.1) is 0 Å². The third kappa shape index (κ3) is 3.73. The fourth-order valence-corrected chi connectivity index (χ4v) is 3.34. The fourth-order valence-electron chi connectivity index (χ4n) is 3.34. The van der Waals surface area contributed by atoms with Gasteiger partial charge >= 0.3 is 6.18 Å². The van der Waals surface area contributed by atoms with Crippen molar-refractivity contribution in [3.8, 4) is 11.4 Å². The summed E-state index contributed by atoms with van der Waals surface area (Å²) in [6.07, 6.45) is -2.47. The van der Waals surface area contributed by atoms with Crippen LogP contribution in [-0.4, -0.2) is 26.7 Å². The minimum absolute atomic E-state index is 0.103. The van der Waals surface area contributed by atoms with E-state index in [0.717, 1.165) is 43.0 Å². The van der Waals surface area contributed by atoms with E-state index in [1.807, 2.05) is 13.0 Å². The SMILES string of the molecule is Cc1cc(C2CCCN2Cc2nc(-c3cccc(C(F)(F)F)c3)no2)no1. The summed E-state index contributed by atoms with van der Waals surface area (Å²) in [6, 6.07) is 6.90. The highest BCUT2D eigenvalue weighted by Crippen LogP contribution is 2.34. The Labute approximate surface area is 153 Å². The average Bonchev–Trinajstić information content (AvgIpc) is 3.36. The van der Waals surface area contributed by atoms with Crippen LogP contribution in [0.5, 0.6) is 0 Å². The maximum Gasteiger partial charge on any atom is 0.416 e. The maximum atomic E-state index is 12.9. The van der Waals surface area contributed by atoms with Crippen molar-refractivity contribution in [1.82, 2.24) is 20.2 Å². The van der Waals surface area contributed by atoms with Crippen molar-refractivity contribution < 1.29 is 22.2 Å². The Morgan fingerprint density at radius 3 is 2.78 bits per heavy atom. The third-order valence-corrected chi connectivity index (χ3v) is 4.61. The normalized spacial score (nSPS) is 18.3. The molecule has 142 valence electrons. The molecule has 3 aromatic rings. The van der Waals surface area contributed by atoms with Gasteiger partial charge in [0.05, 0.1) is 18.2 Å². The smallest absolute Gasteiger partial charge is 0.361 e. The lowest BCUT2D eigenvalue weighted by Crippen LogP contribution is -2.23. The lowest BCUT2D eigenvalue weighted by Gasteiger charge is -2.20. The predicted octanol–water partition coefficient (Wildman–Crippen LogP) is 4.39. The molecule has 2 aromatic heterocycles. The highest BCUT2D eigenvalue weighted by Gasteiger charge is 2.32. The molecule has 0 aliphatic carbocycles. The molecule has 0 spiro atoms. The van der Waals surface area contributed by atoms with E-state index in [4.69, 9.17) is 9.05 Å². The molecule has 1 aromatic carbocycles. The second-order valence-corrected chi connectivity index (χ2v) is 6.58. The molecule has 0 amide bonds. The quantitative estimate of drug-likeness (QED) is 0.671. The molecule has 9 heteroatoms. The van der Waals surface area contributed by atoms with Crippen molar-refractivity contribution in [2.75, 3.05) is 6.54 Å². The Balaban J connectivity index is 1.51. The van der Waals surface area contributed by atoms with Gasteiger partial charge in [-0.3, -0.25) is 4.90 Å². The molecule has 0 saturated carbocycles. The van der Waals surface area contributed by atoms with E-state index < -0.39 is 11.7 Å². The molecule has 1 fully saturated rings. The van der Waals surface area contributed by atoms with Gasteiger partial charge < -0.3 is 9.05 Å². The Morgan fingerprint density at radius 2 is 2.04 bits per heavy atom. The largest absolute Gasteiger partial charge is 0.416 e. The van der Waals surface area contributed by atoms with Gasteiger partial charge in [0.2, 0.25) is 11.7 Å². The zero-order valence-electron chi connectivity index (χ0n) is 14.5. The predicted molar refractivity (Wildman–Crippen MR) is 88.4 cm³/mol. The standard InChI is InChI=1S/C18H17F3N4O2/c1-11-8-14(23-26-11)15-6-3-7-25(15)10-16-22-17(24-27-16)12-4-2-5-13(9-12)18(19,20)21/h2,4-5,8-9,15H,3,6-7,10H2,1H3. The maximum absolute atomic E-state index is 12.9. The van der Waals surface area contributed by atoms with Gasteiger partial charge in [0, 0.05) is 11.6 Å². The van der Waals surface area contributed by atoms with Gasteiger partial charge in [0.1, 0.15) is 11.5 Å². The number of hydrogen-bond acceptors (Lipinski definition) is 6. The van der Waals surface area contributed by atoms with E-state index in [2.05, 4.69) is 20.2 Å². The first kappa shape index (κ1) is 17.7. The summed E-state index contributed by atoms with van der Waals surface area (Å²) in [5.41, 5.74) is 0.389. The summed E-state index contributed by atoms with van der Waals surface area (Å²) < 4.78 is 49.1. The van der Waals surface area contributed by atoms with Gasteiger partial charge in [-0.2, -0.15) is 18.2 Å². The van der Waals surface area contributed by atoms with Crippen LogP contribution in [0.4, 0.5) is 13.2 Å². The highest BCUT2D eigenvalue weighted by atomic mass is 19.4.